The Balaban J connectivity index is 1.94. The number of carbonyl (C=O) groups is 1. The lowest BCUT2D eigenvalue weighted by atomic mass is 9.93. The Labute approximate surface area is 149 Å². The number of nitrogens with zero attached hydrogens (tertiary/aromatic N) is 2. The van der Waals surface area contributed by atoms with Crippen molar-refractivity contribution in [2.24, 2.45) is 7.05 Å². The largest absolute Gasteiger partial charge is 0.393 e. The van der Waals surface area contributed by atoms with Crippen molar-refractivity contribution in [2.75, 3.05) is 11.9 Å². The van der Waals surface area contributed by atoms with Crippen molar-refractivity contribution < 1.29 is 9.90 Å². The highest BCUT2D eigenvalue weighted by atomic mass is 16.3. The summed E-state index contributed by atoms with van der Waals surface area (Å²) in [6, 6.07) is 11.6. The van der Waals surface area contributed by atoms with Crippen LogP contribution in [0.1, 0.15) is 43.9 Å². The summed E-state index contributed by atoms with van der Waals surface area (Å²) >= 11 is 0. The van der Waals surface area contributed by atoms with Crippen LogP contribution in [0.2, 0.25) is 0 Å². The molecule has 3 N–H and O–H groups in total. The van der Waals surface area contributed by atoms with Gasteiger partial charge in [0.1, 0.15) is 5.82 Å². The monoisotopic (exact) mass is 344 g/mol. The summed E-state index contributed by atoms with van der Waals surface area (Å²) in [4.78, 5) is 12.2. The van der Waals surface area contributed by atoms with Crippen molar-refractivity contribution in [3.05, 3.63) is 47.7 Å². The van der Waals surface area contributed by atoms with Crippen LogP contribution < -0.4 is 10.6 Å². The van der Waals surface area contributed by atoms with Gasteiger partial charge in [-0.3, -0.25) is 10.00 Å². The van der Waals surface area contributed by atoms with Gasteiger partial charge in [-0.2, -0.15) is 5.10 Å². The number of nitrogens with one attached hydrogen (secondary N) is 2. The van der Waals surface area contributed by atoms with E-state index in [9.17, 15) is 9.90 Å². The number of aliphatic hydroxyl groups is 1. The van der Waals surface area contributed by atoms with E-state index >= 15 is 0 Å². The molecule has 0 spiro atoms. The maximum atomic E-state index is 12.2. The molecule has 0 bridgehead atoms. The second kappa shape index (κ2) is 9.22. The van der Waals surface area contributed by atoms with Crippen LogP contribution >= 0.6 is 0 Å². The molecule has 136 valence electrons. The molecule has 1 heterocycles. The number of amides is 2. The van der Waals surface area contributed by atoms with Crippen LogP contribution in [0.25, 0.3) is 0 Å². The molecule has 1 aromatic carbocycles. The zero-order valence-electron chi connectivity index (χ0n) is 15.2. The third kappa shape index (κ3) is 5.90. The fraction of sp³-hybridized carbons (Fsp3) is 0.474. The van der Waals surface area contributed by atoms with E-state index in [1.54, 1.807) is 11.6 Å². The predicted molar refractivity (Wildman–Crippen MR) is 99.7 cm³/mol. The molecular formula is C19H28N4O2. The van der Waals surface area contributed by atoms with Crippen LogP contribution in [0.3, 0.4) is 0 Å². The van der Waals surface area contributed by atoms with E-state index in [1.807, 2.05) is 43.4 Å². The molecule has 6 heteroatoms. The first-order valence-electron chi connectivity index (χ1n) is 8.80. The average molecular weight is 344 g/mol. The molecule has 0 saturated carbocycles. The van der Waals surface area contributed by atoms with E-state index < -0.39 is 6.10 Å². The van der Waals surface area contributed by atoms with E-state index in [2.05, 4.69) is 22.7 Å². The van der Waals surface area contributed by atoms with Gasteiger partial charge in [-0.1, -0.05) is 43.7 Å². The maximum absolute atomic E-state index is 12.2. The highest BCUT2D eigenvalue weighted by molar-refractivity contribution is 5.88. The summed E-state index contributed by atoms with van der Waals surface area (Å²) in [7, 11) is 1.81. The van der Waals surface area contributed by atoms with E-state index in [-0.39, 0.29) is 11.9 Å². The molecule has 0 aliphatic rings. The smallest absolute Gasteiger partial charge is 0.320 e. The molecule has 0 aliphatic heterocycles. The molecule has 2 amide bonds. The highest BCUT2D eigenvalue weighted by Gasteiger charge is 2.16. The number of anilines is 1. The summed E-state index contributed by atoms with van der Waals surface area (Å²) in [5, 5.41) is 19.8. The van der Waals surface area contributed by atoms with Crippen LogP contribution in [0, 0.1) is 0 Å². The first kappa shape index (κ1) is 19.0. The molecule has 0 fully saturated rings. The normalized spacial score (nSPS) is 13.3. The molecule has 2 unspecified atom stereocenters. The zero-order valence-corrected chi connectivity index (χ0v) is 15.2. The van der Waals surface area contributed by atoms with Gasteiger partial charge in [0.25, 0.3) is 0 Å². The molecule has 2 rings (SSSR count). The average Bonchev–Trinajstić information content (AvgIpc) is 2.91. The van der Waals surface area contributed by atoms with Crippen molar-refractivity contribution in [1.29, 1.82) is 0 Å². The first-order chi connectivity index (χ1) is 12.0. The quantitative estimate of drug-likeness (QED) is 0.688. The molecular weight excluding hydrogens is 316 g/mol. The topological polar surface area (TPSA) is 79.2 Å². The minimum absolute atomic E-state index is 0.0640. The van der Waals surface area contributed by atoms with E-state index in [0.717, 1.165) is 24.1 Å². The van der Waals surface area contributed by atoms with Crippen LogP contribution in [0.15, 0.2) is 36.4 Å². The van der Waals surface area contributed by atoms with Crippen LogP contribution in [0.5, 0.6) is 0 Å². The number of aliphatic hydroxyl groups excluding tert-OH is 1. The maximum Gasteiger partial charge on any atom is 0.320 e. The Morgan fingerprint density at radius 2 is 2.04 bits per heavy atom. The first-order valence-corrected chi connectivity index (χ1v) is 8.80. The van der Waals surface area contributed by atoms with Crippen molar-refractivity contribution in [1.82, 2.24) is 15.1 Å². The minimum Gasteiger partial charge on any atom is -0.393 e. The van der Waals surface area contributed by atoms with Crippen LogP contribution in [-0.4, -0.2) is 33.6 Å². The Kier molecular flexibility index (Phi) is 7.01. The molecule has 25 heavy (non-hydrogen) atoms. The van der Waals surface area contributed by atoms with Gasteiger partial charge in [0.15, 0.2) is 0 Å². The zero-order chi connectivity index (χ0) is 18.2. The lowest BCUT2D eigenvalue weighted by Crippen LogP contribution is -2.33. The number of benzene rings is 1. The lowest BCUT2D eigenvalue weighted by Gasteiger charge is -2.19. The van der Waals surface area contributed by atoms with Gasteiger partial charge in [0.2, 0.25) is 0 Å². The van der Waals surface area contributed by atoms with Crippen molar-refractivity contribution >= 4 is 11.8 Å². The minimum atomic E-state index is -0.427. The molecule has 0 aliphatic carbocycles. The SMILES string of the molecule is CCCc1cc(NC(=O)NCC(CC(C)O)c2ccccc2)n(C)n1. The molecule has 2 aromatic rings. The van der Waals surface area contributed by atoms with Gasteiger partial charge in [-0.05, 0) is 25.3 Å². The highest BCUT2D eigenvalue weighted by Crippen LogP contribution is 2.20. The number of rotatable bonds is 8. The van der Waals surface area contributed by atoms with Crippen molar-refractivity contribution in [3.63, 3.8) is 0 Å². The number of hydrogen-bond acceptors (Lipinski definition) is 3. The number of aryl methyl sites for hydroxylation is 2. The summed E-state index contributed by atoms with van der Waals surface area (Å²) in [6.07, 6.45) is 2.07. The summed E-state index contributed by atoms with van der Waals surface area (Å²) < 4.78 is 1.68. The van der Waals surface area contributed by atoms with Crippen molar-refractivity contribution in [3.8, 4) is 0 Å². The predicted octanol–water partition coefficient (Wildman–Crippen LogP) is 3.05. The van der Waals surface area contributed by atoms with E-state index in [1.165, 1.54) is 0 Å². The number of carbonyl (C=O) groups excluding carboxylic acids is 1. The Hall–Kier alpha value is -2.34. The van der Waals surface area contributed by atoms with E-state index in [4.69, 9.17) is 0 Å². The van der Waals surface area contributed by atoms with Gasteiger partial charge in [0, 0.05) is 25.6 Å². The third-order valence-electron chi connectivity index (χ3n) is 4.08. The van der Waals surface area contributed by atoms with Crippen LogP contribution in [0.4, 0.5) is 10.6 Å². The molecule has 1 aromatic heterocycles. The van der Waals surface area contributed by atoms with Crippen LogP contribution in [-0.2, 0) is 13.5 Å². The summed E-state index contributed by atoms with van der Waals surface area (Å²) in [5.74, 6) is 0.738. The molecule has 6 nitrogen and oxygen atoms in total. The third-order valence-corrected chi connectivity index (χ3v) is 4.08. The lowest BCUT2D eigenvalue weighted by molar-refractivity contribution is 0.173. The second-order valence-electron chi connectivity index (χ2n) is 6.42. The summed E-state index contributed by atoms with van der Waals surface area (Å²) in [6.45, 7) is 4.32. The second-order valence-corrected chi connectivity index (χ2v) is 6.42. The van der Waals surface area contributed by atoms with Crippen molar-refractivity contribution in [2.45, 2.75) is 45.1 Å². The van der Waals surface area contributed by atoms with E-state index in [0.29, 0.717) is 18.8 Å². The van der Waals surface area contributed by atoms with Gasteiger partial charge in [-0.25, -0.2) is 4.79 Å². The molecule has 2 atom stereocenters. The Morgan fingerprint density at radius 3 is 2.68 bits per heavy atom. The fourth-order valence-electron chi connectivity index (χ4n) is 2.87. The number of hydrogen-bond donors (Lipinski definition) is 3. The Bertz CT molecular complexity index is 667. The number of aromatic nitrogens is 2. The standard InChI is InChI=1S/C19H28N4O2/c1-4-8-17-12-18(23(3)22-17)21-19(25)20-13-16(11-14(2)24)15-9-6-5-7-10-15/h5-7,9-10,12,14,16,24H,4,8,11,13H2,1-3H3,(H2,20,21,25). The molecule has 0 radical (unpaired) electrons. The van der Waals surface area contributed by atoms with Gasteiger partial charge in [0.05, 0.1) is 11.8 Å². The van der Waals surface area contributed by atoms with Gasteiger partial charge < -0.3 is 10.4 Å². The number of urea groups is 1. The summed E-state index contributed by atoms with van der Waals surface area (Å²) in [5.41, 5.74) is 2.08. The molecule has 0 saturated heterocycles. The fourth-order valence-corrected chi connectivity index (χ4v) is 2.87. The Morgan fingerprint density at radius 1 is 1.32 bits per heavy atom. The van der Waals surface area contributed by atoms with Gasteiger partial charge in [-0.15, -0.1) is 0 Å². The van der Waals surface area contributed by atoms with Gasteiger partial charge >= 0.3 is 6.03 Å².